The van der Waals surface area contributed by atoms with E-state index in [0.29, 0.717) is 12.1 Å². The Balaban J connectivity index is 1.25. The first-order chi connectivity index (χ1) is 14.7. The molecule has 30 heavy (non-hydrogen) atoms. The van der Waals surface area contributed by atoms with Crippen molar-refractivity contribution in [3.63, 3.8) is 0 Å². The lowest BCUT2D eigenvalue weighted by molar-refractivity contribution is 0.345. The minimum Gasteiger partial charge on any atom is -0.371 e. The van der Waals surface area contributed by atoms with Gasteiger partial charge in [-0.1, -0.05) is 6.07 Å². The van der Waals surface area contributed by atoms with Crippen molar-refractivity contribution in [2.24, 2.45) is 0 Å². The minimum absolute atomic E-state index is 0.297. The van der Waals surface area contributed by atoms with Gasteiger partial charge < -0.3 is 10.2 Å². The molecule has 3 aromatic rings. The number of fused-ring (bicyclic) bond motifs is 1. The van der Waals surface area contributed by atoms with Gasteiger partial charge in [0, 0.05) is 48.7 Å². The van der Waals surface area contributed by atoms with Crippen LogP contribution in [0.4, 0.5) is 14.5 Å². The van der Waals surface area contributed by atoms with Crippen LogP contribution in [0.1, 0.15) is 43.0 Å². The molecule has 2 aliphatic rings. The van der Waals surface area contributed by atoms with Gasteiger partial charge in [-0.2, -0.15) is 5.10 Å². The molecule has 1 saturated heterocycles. The van der Waals surface area contributed by atoms with Gasteiger partial charge in [0.2, 0.25) is 0 Å². The maximum absolute atomic E-state index is 13.6. The van der Waals surface area contributed by atoms with E-state index in [-0.39, 0.29) is 0 Å². The van der Waals surface area contributed by atoms with Gasteiger partial charge in [0.15, 0.2) is 17.5 Å². The molecule has 3 heterocycles. The van der Waals surface area contributed by atoms with E-state index in [1.807, 2.05) is 29.1 Å². The molecule has 0 radical (unpaired) electrons. The summed E-state index contributed by atoms with van der Waals surface area (Å²) < 4.78 is 28.7. The number of rotatable bonds is 4. The first kappa shape index (κ1) is 19.2. The lowest BCUT2D eigenvalue weighted by Crippen LogP contribution is -2.44. The van der Waals surface area contributed by atoms with E-state index >= 15 is 0 Å². The van der Waals surface area contributed by atoms with E-state index in [9.17, 15) is 8.78 Å². The SMILES string of the molecule is Fc1ccc(N2CCC(NC3CCCc4c3cnn4-c3ccccn3)CC2)cc1F. The Hall–Kier alpha value is -2.80. The molecule has 1 aliphatic heterocycles. The van der Waals surface area contributed by atoms with Crippen molar-refractivity contribution < 1.29 is 8.78 Å². The van der Waals surface area contributed by atoms with Gasteiger partial charge in [-0.15, -0.1) is 0 Å². The fourth-order valence-corrected chi connectivity index (χ4v) is 4.68. The highest BCUT2D eigenvalue weighted by molar-refractivity contribution is 5.47. The number of pyridine rings is 1. The average Bonchev–Trinajstić information content (AvgIpc) is 3.22. The first-order valence-electron chi connectivity index (χ1n) is 10.6. The molecule has 0 saturated carbocycles. The van der Waals surface area contributed by atoms with Gasteiger partial charge in [-0.3, -0.25) is 0 Å². The number of benzene rings is 1. The summed E-state index contributed by atoms with van der Waals surface area (Å²) in [6.45, 7) is 1.66. The van der Waals surface area contributed by atoms with Crippen LogP contribution in [-0.2, 0) is 6.42 Å². The zero-order chi connectivity index (χ0) is 20.5. The maximum atomic E-state index is 13.6. The van der Waals surface area contributed by atoms with Crippen LogP contribution in [0.5, 0.6) is 0 Å². The fraction of sp³-hybridized carbons (Fsp3) is 0.391. The summed E-state index contributed by atoms with van der Waals surface area (Å²) in [5, 5.41) is 8.46. The number of aromatic nitrogens is 3. The van der Waals surface area contributed by atoms with Gasteiger partial charge in [-0.05, 0) is 56.4 Å². The van der Waals surface area contributed by atoms with Gasteiger partial charge in [0.05, 0.1) is 11.9 Å². The zero-order valence-corrected chi connectivity index (χ0v) is 16.8. The number of halogens is 2. The molecule has 1 fully saturated rings. The van der Waals surface area contributed by atoms with Crippen LogP contribution in [0.15, 0.2) is 48.8 Å². The van der Waals surface area contributed by atoms with Crippen LogP contribution in [0.2, 0.25) is 0 Å². The molecular formula is C23H25F2N5. The normalized spacial score (nSPS) is 19.7. The molecule has 5 rings (SSSR count). The zero-order valence-electron chi connectivity index (χ0n) is 16.8. The van der Waals surface area contributed by atoms with Crippen molar-refractivity contribution in [3.05, 3.63) is 71.7 Å². The van der Waals surface area contributed by atoms with E-state index in [2.05, 4.69) is 20.3 Å². The molecule has 1 aliphatic carbocycles. The van der Waals surface area contributed by atoms with E-state index in [1.54, 1.807) is 12.3 Å². The Labute approximate surface area is 174 Å². The summed E-state index contributed by atoms with van der Waals surface area (Å²) in [5.41, 5.74) is 3.27. The molecule has 1 N–H and O–H groups in total. The lowest BCUT2D eigenvalue weighted by atomic mass is 9.91. The third-order valence-electron chi connectivity index (χ3n) is 6.25. The summed E-state index contributed by atoms with van der Waals surface area (Å²) in [6.07, 6.45) is 8.96. The molecule has 1 aromatic carbocycles. The number of hydrogen-bond acceptors (Lipinski definition) is 4. The van der Waals surface area contributed by atoms with Crippen molar-refractivity contribution in [2.45, 2.75) is 44.2 Å². The van der Waals surface area contributed by atoms with Crippen LogP contribution >= 0.6 is 0 Å². The predicted molar refractivity (Wildman–Crippen MR) is 112 cm³/mol. The van der Waals surface area contributed by atoms with Crippen LogP contribution < -0.4 is 10.2 Å². The predicted octanol–water partition coefficient (Wildman–Crippen LogP) is 4.18. The number of anilines is 1. The molecule has 1 atom stereocenters. The molecule has 0 bridgehead atoms. The number of hydrogen-bond donors (Lipinski definition) is 1. The van der Waals surface area contributed by atoms with Crippen molar-refractivity contribution in [1.29, 1.82) is 0 Å². The van der Waals surface area contributed by atoms with Crippen molar-refractivity contribution >= 4 is 5.69 Å². The van der Waals surface area contributed by atoms with Crippen molar-refractivity contribution in [1.82, 2.24) is 20.1 Å². The van der Waals surface area contributed by atoms with Crippen LogP contribution in [0.25, 0.3) is 5.82 Å². The third-order valence-corrected chi connectivity index (χ3v) is 6.25. The smallest absolute Gasteiger partial charge is 0.160 e. The summed E-state index contributed by atoms with van der Waals surface area (Å²) >= 11 is 0. The Kier molecular flexibility index (Phi) is 5.21. The highest BCUT2D eigenvalue weighted by Crippen LogP contribution is 2.32. The van der Waals surface area contributed by atoms with E-state index in [4.69, 9.17) is 0 Å². The molecule has 1 unspecified atom stereocenters. The first-order valence-corrected chi connectivity index (χ1v) is 10.6. The summed E-state index contributed by atoms with van der Waals surface area (Å²) in [7, 11) is 0. The molecule has 156 valence electrons. The van der Waals surface area contributed by atoms with Crippen LogP contribution in [-0.4, -0.2) is 33.9 Å². The number of piperidine rings is 1. The Morgan fingerprint density at radius 2 is 1.87 bits per heavy atom. The van der Waals surface area contributed by atoms with Crippen molar-refractivity contribution in [2.75, 3.05) is 18.0 Å². The second-order valence-corrected chi connectivity index (χ2v) is 8.12. The van der Waals surface area contributed by atoms with Crippen molar-refractivity contribution in [3.8, 4) is 5.82 Å². The van der Waals surface area contributed by atoms with Crippen LogP contribution in [0, 0.1) is 11.6 Å². The Bertz CT molecular complexity index is 1010. The van der Waals surface area contributed by atoms with Gasteiger partial charge >= 0.3 is 0 Å². The topological polar surface area (TPSA) is 46.0 Å². The average molecular weight is 409 g/mol. The van der Waals surface area contributed by atoms with Crippen LogP contribution in [0.3, 0.4) is 0 Å². The second kappa shape index (κ2) is 8.14. The molecule has 7 heteroatoms. The fourth-order valence-electron chi connectivity index (χ4n) is 4.68. The number of nitrogens with zero attached hydrogens (tertiary/aromatic N) is 4. The van der Waals surface area contributed by atoms with Gasteiger partial charge in [0.25, 0.3) is 0 Å². The standard InChI is InChI=1S/C23H25F2N5/c24-19-8-7-17(14-20(19)25)29-12-9-16(10-13-29)28-21-4-3-5-22-18(21)15-27-30(22)23-6-1-2-11-26-23/h1-2,6-8,11,14-16,21,28H,3-5,9-10,12-13H2. The van der Waals surface area contributed by atoms with E-state index < -0.39 is 11.6 Å². The summed E-state index contributed by atoms with van der Waals surface area (Å²) in [5.74, 6) is -0.721. The highest BCUT2D eigenvalue weighted by Gasteiger charge is 2.28. The second-order valence-electron chi connectivity index (χ2n) is 8.12. The molecule has 0 spiro atoms. The molecule has 5 nitrogen and oxygen atoms in total. The molecule has 0 amide bonds. The highest BCUT2D eigenvalue weighted by atomic mass is 19.2. The van der Waals surface area contributed by atoms with Gasteiger partial charge in [-0.25, -0.2) is 18.4 Å². The lowest BCUT2D eigenvalue weighted by Gasteiger charge is -2.36. The monoisotopic (exact) mass is 409 g/mol. The summed E-state index contributed by atoms with van der Waals surface area (Å²) in [4.78, 5) is 6.57. The van der Waals surface area contributed by atoms with E-state index in [1.165, 1.54) is 23.4 Å². The Morgan fingerprint density at radius 1 is 1.00 bits per heavy atom. The molecular weight excluding hydrogens is 384 g/mol. The van der Waals surface area contributed by atoms with E-state index in [0.717, 1.165) is 56.7 Å². The quantitative estimate of drug-likeness (QED) is 0.702. The summed E-state index contributed by atoms with van der Waals surface area (Å²) in [6, 6.07) is 10.7. The Morgan fingerprint density at radius 3 is 2.63 bits per heavy atom. The third kappa shape index (κ3) is 3.69. The largest absolute Gasteiger partial charge is 0.371 e. The van der Waals surface area contributed by atoms with Gasteiger partial charge in [0.1, 0.15) is 0 Å². The minimum atomic E-state index is -0.797. The molecule has 2 aromatic heterocycles. The maximum Gasteiger partial charge on any atom is 0.160 e. The number of nitrogens with one attached hydrogen (secondary N) is 1.